The van der Waals surface area contributed by atoms with Gasteiger partial charge in [0.2, 0.25) is 0 Å². The molecule has 3 N–H and O–H groups in total. The summed E-state index contributed by atoms with van der Waals surface area (Å²) in [6, 6.07) is 11.8. The molecule has 2 aromatic carbocycles. The van der Waals surface area contributed by atoms with Gasteiger partial charge in [0.1, 0.15) is 5.82 Å². The molecule has 0 saturated heterocycles. The standard InChI is InChI=1S/C15H15BrFN3O/c1-2-20(11-6-3-5-10(17)9-11)13-8-4-7-12(16)14(13)15(18)19-21/h3-9,21H,2H2,1H3,(H2,18,19). The van der Waals surface area contributed by atoms with Gasteiger partial charge in [0.15, 0.2) is 5.84 Å². The Labute approximate surface area is 130 Å². The summed E-state index contributed by atoms with van der Waals surface area (Å²) in [6.45, 7) is 2.55. The first kappa shape index (κ1) is 15.3. The largest absolute Gasteiger partial charge is 0.409 e. The summed E-state index contributed by atoms with van der Waals surface area (Å²) < 4.78 is 14.2. The van der Waals surface area contributed by atoms with Crippen LogP contribution < -0.4 is 10.6 Å². The molecular formula is C15H15BrFN3O. The maximum Gasteiger partial charge on any atom is 0.173 e. The van der Waals surface area contributed by atoms with Crippen LogP contribution in [-0.2, 0) is 0 Å². The van der Waals surface area contributed by atoms with Crippen LogP contribution in [0.5, 0.6) is 0 Å². The minimum Gasteiger partial charge on any atom is -0.409 e. The van der Waals surface area contributed by atoms with Crippen LogP contribution in [0.2, 0.25) is 0 Å². The Morgan fingerprint density at radius 3 is 2.67 bits per heavy atom. The molecule has 0 unspecified atom stereocenters. The Bertz CT molecular complexity index is 676. The second kappa shape index (κ2) is 6.58. The molecule has 0 radical (unpaired) electrons. The molecule has 0 fully saturated rings. The SMILES string of the molecule is CCN(c1cccc(F)c1)c1cccc(Br)c1/C(N)=N/O. The summed E-state index contributed by atoms with van der Waals surface area (Å²) in [5, 5.41) is 12.0. The molecule has 21 heavy (non-hydrogen) atoms. The number of nitrogens with two attached hydrogens (primary N) is 1. The van der Waals surface area contributed by atoms with Crippen molar-refractivity contribution in [2.75, 3.05) is 11.4 Å². The lowest BCUT2D eigenvalue weighted by atomic mass is 10.1. The van der Waals surface area contributed by atoms with Gasteiger partial charge in [0, 0.05) is 16.7 Å². The van der Waals surface area contributed by atoms with Crippen LogP contribution in [-0.4, -0.2) is 17.6 Å². The Hall–Kier alpha value is -2.08. The van der Waals surface area contributed by atoms with Crippen molar-refractivity contribution in [1.82, 2.24) is 0 Å². The molecule has 0 bridgehead atoms. The topological polar surface area (TPSA) is 61.8 Å². The van der Waals surface area contributed by atoms with E-state index in [0.29, 0.717) is 22.3 Å². The van der Waals surface area contributed by atoms with E-state index in [1.807, 2.05) is 30.0 Å². The number of hydrogen-bond donors (Lipinski definition) is 2. The second-order valence-corrected chi connectivity index (χ2v) is 5.20. The van der Waals surface area contributed by atoms with E-state index >= 15 is 0 Å². The smallest absolute Gasteiger partial charge is 0.173 e. The van der Waals surface area contributed by atoms with E-state index < -0.39 is 0 Å². The van der Waals surface area contributed by atoms with Gasteiger partial charge in [-0.3, -0.25) is 0 Å². The predicted molar refractivity (Wildman–Crippen MR) is 85.7 cm³/mol. The Morgan fingerprint density at radius 2 is 2.05 bits per heavy atom. The van der Waals surface area contributed by atoms with Crippen LogP contribution in [0.3, 0.4) is 0 Å². The normalized spacial score (nSPS) is 11.5. The summed E-state index contributed by atoms with van der Waals surface area (Å²) in [6.07, 6.45) is 0. The predicted octanol–water partition coefficient (Wildman–Crippen LogP) is 3.84. The fourth-order valence-electron chi connectivity index (χ4n) is 2.18. The lowest BCUT2D eigenvalue weighted by molar-refractivity contribution is 0.318. The maximum absolute atomic E-state index is 13.5. The van der Waals surface area contributed by atoms with Crippen molar-refractivity contribution in [2.24, 2.45) is 10.9 Å². The van der Waals surface area contributed by atoms with Crippen LogP contribution in [0, 0.1) is 5.82 Å². The van der Waals surface area contributed by atoms with Gasteiger partial charge in [0.25, 0.3) is 0 Å². The van der Waals surface area contributed by atoms with E-state index in [1.54, 1.807) is 12.1 Å². The molecule has 6 heteroatoms. The zero-order valence-corrected chi connectivity index (χ0v) is 13.0. The fourth-order valence-corrected chi connectivity index (χ4v) is 2.74. The van der Waals surface area contributed by atoms with Gasteiger partial charge < -0.3 is 15.8 Å². The minimum atomic E-state index is -0.314. The van der Waals surface area contributed by atoms with Gasteiger partial charge in [-0.05, 0) is 53.2 Å². The molecule has 0 aliphatic heterocycles. The molecular weight excluding hydrogens is 337 g/mol. The zero-order chi connectivity index (χ0) is 15.4. The Balaban J connectivity index is 2.61. The molecule has 4 nitrogen and oxygen atoms in total. The minimum absolute atomic E-state index is 0.00710. The lowest BCUT2D eigenvalue weighted by Gasteiger charge is -2.26. The number of hydrogen-bond acceptors (Lipinski definition) is 3. The summed E-state index contributed by atoms with van der Waals surface area (Å²) in [5.74, 6) is -0.321. The molecule has 0 saturated carbocycles. The first-order chi connectivity index (χ1) is 10.1. The van der Waals surface area contributed by atoms with E-state index in [1.165, 1.54) is 12.1 Å². The second-order valence-electron chi connectivity index (χ2n) is 4.34. The summed E-state index contributed by atoms with van der Waals surface area (Å²) >= 11 is 3.40. The summed E-state index contributed by atoms with van der Waals surface area (Å²) in [5.41, 5.74) is 7.75. The van der Waals surface area contributed by atoms with Crippen molar-refractivity contribution < 1.29 is 9.60 Å². The third kappa shape index (κ3) is 3.16. The Kier molecular flexibility index (Phi) is 4.80. The van der Waals surface area contributed by atoms with Crippen LogP contribution in [0.15, 0.2) is 52.1 Å². The van der Waals surface area contributed by atoms with Gasteiger partial charge in [-0.2, -0.15) is 0 Å². The van der Waals surface area contributed by atoms with Gasteiger partial charge in [-0.25, -0.2) is 4.39 Å². The number of benzene rings is 2. The highest BCUT2D eigenvalue weighted by atomic mass is 79.9. The number of anilines is 2. The summed E-state index contributed by atoms with van der Waals surface area (Å²) in [4.78, 5) is 1.89. The van der Waals surface area contributed by atoms with Gasteiger partial charge in [0.05, 0.1) is 11.3 Å². The molecule has 0 aliphatic rings. The van der Waals surface area contributed by atoms with Gasteiger partial charge in [-0.15, -0.1) is 0 Å². The Morgan fingerprint density at radius 1 is 1.33 bits per heavy atom. The molecule has 0 aromatic heterocycles. The van der Waals surface area contributed by atoms with Gasteiger partial charge in [-0.1, -0.05) is 17.3 Å². The molecule has 110 valence electrons. The molecule has 2 aromatic rings. The number of rotatable bonds is 4. The van der Waals surface area contributed by atoms with Crippen molar-refractivity contribution in [3.8, 4) is 0 Å². The fraction of sp³-hybridized carbons (Fsp3) is 0.133. The summed E-state index contributed by atoms with van der Waals surface area (Å²) in [7, 11) is 0. The van der Waals surface area contributed by atoms with Crippen molar-refractivity contribution >= 4 is 33.1 Å². The van der Waals surface area contributed by atoms with Crippen molar-refractivity contribution in [3.63, 3.8) is 0 Å². The third-order valence-electron chi connectivity index (χ3n) is 3.08. The highest BCUT2D eigenvalue weighted by molar-refractivity contribution is 9.10. The number of nitrogens with zero attached hydrogens (tertiary/aromatic N) is 2. The van der Waals surface area contributed by atoms with E-state index in [0.717, 1.165) is 5.69 Å². The first-order valence-electron chi connectivity index (χ1n) is 6.38. The van der Waals surface area contributed by atoms with Crippen LogP contribution in [0.25, 0.3) is 0 Å². The lowest BCUT2D eigenvalue weighted by Crippen LogP contribution is -2.23. The zero-order valence-electron chi connectivity index (χ0n) is 11.4. The van der Waals surface area contributed by atoms with E-state index in [4.69, 9.17) is 10.9 Å². The third-order valence-corrected chi connectivity index (χ3v) is 3.74. The van der Waals surface area contributed by atoms with Crippen LogP contribution in [0.1, 0.15) is 12.5 Å². The van der Waals surface area contributed by atoms with E-state index in [2.05, 4.69) is 21.1 Å². The van der Waals surface area contributed by atoms with Crippen molar-refractivity contribution in [1.29, 1.82) is 0 Å². The van der Waals surface area contributed by atoms with Gasteiger partial charge >= 0.3 is 0 Å². The molecule has 0 spiro atoms. The molecule has 2 rings (SSSR count). The number of oxime groups is 1. The molecule has 0 amide bonds. The number of amidine groups is 1. The van der Waals surface area contributed by atoms with E-state index in [9.17, 15) is 4.39 Å². The molecule has 0 heterocycles. The highest BCUT2D eigenvalue weighted by Crippen LogP contribution is 2.32. The van der Waals surface area contributed by atoms with Crippen LogP contribution >= 0.6 is 15.9 Å². The average molecular weight is 352 g/mol. The maximum atomic E-state index is 13.5. The first-order valence-corrected chi connectivity index (χ1v) is 7.17. The van der Waals surface area contributed by atoms with Crippen molar-refractivity contribution in [3.05, 3.63) is 58.3 Å². The number of halogens is 2. The van der Waals surface area contributed by atoms with Crippen LogP contribution in [0.4, 0.5) is 15.8 Å². The monoisotopic (exact) mass is 351 g/mol. The average Bonchev–Trinajstić information content (AvgIpc) is 2.47. The highest BCUT2D eigenvalue weighted by Gasteiger charge is 2.17. The quantitative estimate of drug-likeness (QED) is 0.380. The van der Waals surface area contributed by atoms with E-state index in [-0.39, 0.29) is 11.7 Å². The molecule has 0 aliphatic carbocycles. The van der Waals surface area contributed by atoms with Crippen molar-refractivity contribution in [2.45, 2.75) is 6.92 Å². The molecule has 0 atom stereocenters.